The van der Waals surface area contributed by atoms with Crippen molar-refractivity contribution in [2.24, 2.45) is 5.73 Å². The SMILES string of the molecule is NCCOCCOCCNc1ccc(C(F)(F)F)cc1C(F)(F)F. The fraction of sp³-hybridized carbons (Fsp3) is 0.571. The Balaban J connectivity index is 2.58. The van der Waals surface area contributed by atoms with Gasteiger partial charge in [0.1, 0.15) is 0 Å². The van der Waals surface area contributed by atoms with Crippen LogP contribution in [0.3, 0.4) is 0 Å². The molecule has 0 heterocycles. The Hall–Kier alpha value is -1.52. The van der Waals surface area contributed by atoms with Gasteiger partial charge >= 0.3 is 12.4 Å². The second-order valence-electron chi connectivity index (χ2n) is 4.70. The molecule has 3 N–H and O–H groups in total. The van der Waals surface area contributed by atoms with Crippen LogP contribution in [0.5, 0.6) is 0 Å². The highest BCUT2D eigenvalue weighted by Crippen LogP contribution is 2.39. The van der Waals surface area contributed by atoms with E-state index < -0.39 is 29.2 Å². The summed E-state index contributed by atoms with van der Waals surface area (Å²) in [6.07, 6.45) is -9.74. The van der Waals surface area contributed by atoms with Gasteiger partial charge in [0.2, 0.25) is 0 Å². The van der Waals surface area contributed by atoms with Crippen LogP contribution in [0.4, 0.5) is 32.0 Å². The molecule has 0 saturated heterocycles. The van der Waals surface area contributed by atoms with Gasteiger partial charge in [0.05, 0.1) is 37.6 Å². The fourth-order valence-electron chi connectivity index (χ4n) is 1.77. The summed E-state index contributed by atoms with van der Waals surface area (Å²) >= 11 is 0. The van der Waals surface area contributed by atoms with Gasteiger partial charge in [-0.15, -0.1) is 0 Å². The number of hydrogen-bond donors (Lipinski definition) is 2. The molecule has 0 unspecified atom stereocenters. The van der Waals surface area contributed by atoms with Crippen LogP contribution in [0, 0.1) is 0 Å². The molecule has 0 amide bonds. The normalized spacial score (nSPS) is 12.5. The highest BCUT2D eigenvalue weighted by Gasteiger charge is 2.38. The number of alkyl halides is 6. The van der Waals surface area contributed by atoms with Crippen LogP contribution in [0.15, 0.2) is 18.2 Å². The molecule has 0 bridgehead atoms. The Labute approximate surface area is 134 Å². The van der Waals surface area contributed by atoms with Gasteiger partial charge in [0.25, 0.3) is 0 Å². The molecule has 4 nitrogen and oxygen atoms in total. The van der Waals surface area contributed by atoms with E-state index in [1.54, 1.807) is 0 Å². The molecule has 24 heavy (non-hydrogen) atoms. The maximum Gasteiger partial charge on any atom is 0.418 e. The second-order valence-corrected chi connectivity index (χ2v) is 4.70. The van der Waals surface area contributed by atoms with Crippen molar-refractivity contribution in [2.45, 2.75) is 12.4 Å². The van der Waals surface area contributed by atoms with E-state index in [1.165, 1.54) is 0 Å². The predicted octanol–water partition coefficient (Wildman–Crippen LogP) is 3.13. The third-order valence-corrected chi connectivity index (χ3v) is 2.85. The van der Waals surface area contributed by atoms with Crippen LogP contribution in [0.25, 0.3) is 0 Å². The molecule has 138 valence electrons. The summed E-state index contributed by atoms with van der Waals surface area (Å²) in [5.41, 5.74) is 2.05. The van der Waals surface area contributed by atoms with Gasteiger partial charge in [-0.2, -0.15) is 26.3 Å². The molecular formula is C14H18F6N2O2. The van der Waals surface area contributed by atoms with Crippen molar-refractivity contribution in [3.05, 3.63) is 29.3 Å². The number of ether oxygens (including phenoxy) is 2. The van der Waals surface area contributed by atoms with Crippen molar-refractivity contribution in [1.82, 2.24) is 0 Å². The largest absolute Gasteiger partial charge is 0.418 e. The molecule has 0 aliphatic rings. The molecule has 0 saturated carbocycles. The highest BCUT2D eigenvalue weighted by molar-refractivity contribution is 5.54. The average molecular weight is 360 g/mol. The molecule has 10 heteroatoms. The van der Waals surface area contributed by atoms with E-state index in [2.05, 4.69) is 5.32 Å². The fourth-order valence-corrected chi connectivity index (χ4v) is 1.77. The molecule has 1 aromatic carbocycles. The van der Waals surface area contributed by atoms with E-state index in [1.807, 2.05) is 0 Å². The maximum absolute atomic E-state index is 12.9. The zero-order valence-electron chi connectivity index (χ0n) is 12.6. The van der Waals surface area contributed by atoms with E-state index in [0.29, 0.717) is 25.8 Å². The summed E-state index contributed by atoms with van der Waals surface area (Å²) in [5, 5.41) is 2.43. The topological polar surface area (TPSA) is 56.5 Å². The van der Waals surface area contributed by atoms with Crippen LogP contribution >= 0.6 is 0 Å². The molecule has 0 spiro atoms. The quantitative estimate of drug-likeness (QED) is 0.525. The van der Waals surface area contributed by atoms with Gasteiger partial charge in [-0.1, -0.05) is 0 Å². The predicted molar refractivity (Wildman–Crippen MR) is 75.6 cm³/mol. The summed E-state index contributed by atoms with van der Waals surface area (Å²) in [5.74, 6) is 0. The zero-order valence-corrected chi connectivity index (χ0v) is 12.6. The third kappa shape index (κ3) is 6.93. The Kier molecular flexibility index (Phi) is 7.77. The Morgan fingerprint density at radius 1 is 0.875 bits per heavy atom. The highest BCUT2D eigenvalue weighted by atomic mass is 19.4. The van der Waals surface area contributed by atoms with Gasteiger partial charge in [-0.25, -0.2) is 0 Å². The van der Waals surface area contributed by atoms with E-state index in [-0.39, 0.29) is 25.8 Å². The molecule has 0 radical (unpaired) electrons. The lowest BCUT2D eigenvalue weighted by Crippen LogP contribution is -2.17. The number of nitrogens with two attached hydrogens (primary N) is 1. The molecule has 0 aliphatic carbocycles. The molecule has 0 aliphatic heterocycles. The molecular weight excluding hydrogens is 342 g/mol. The van der Waals surface area contributed by atoms with E-state index in [4.69, 9.17) is 15.2 Å². The smallest absolute Gasteiger partial charge is 0.382 e. The first-order chi connectivity index (χ1) is 11.2. The van der Waals surface area contributed by atoms with Crippen LogP contribution < -0.4 is 11.1 Å². The summed E-state index contributed by atoms with van der Waals surface area (Å²) in [6, 6.07) is 1.44. The van der Waals surface area contributed by atoms with Crippen LogP contribution in [-0.4, -0.2) is 39.5 Å². The van der Waals surface area contributed by atoms with E-state index in [9.17, 15) is 26.3 Å². The third-order valence-electron chi connectivity index (χ3n) is 2.85. The first-order valence-electron chi connectivity index (χ1n) is 7.04. The van der Waals surface area contributed by atoms with Crippen molar-refractivity contribution in [3.8, 4) is 0 Å². The molecule has 1 rings (SSSR count). The minimum atomic E-state index is -4.90. The summed E-state index contributed by atoms with van der Waals surface area (Å²) in [4.78, 5) is 0. The van der Waals surface area contributed by atoms with Crippen LogP contribution in [-0.2, 0) is 21.8 Å². The minimum Gasteiger partial charge on any atom is -0.382 e. The first kappa shape index (κ1) is 20.5. The van der Waals surface area contributed by atoms with E-state index >= 15 is 0 Å². The van der Waals surface area contributed by atoms with Crippen molar-refractivity contribution in [1.29, 1.82) is 0 Å². The Morgan fingerprint density at radius 3 is 2.04 bits per heavy atom. The number of benzene rings is 1. The molecule has 0 aromatic heterocycles. The molecule has 1 aromatic rings. The van der Waals surface area contributed by atoms with Gasteiger partial charge < -0.3 is 20.5 Å². The standard InChI is InChI=1S/C14H18F6N2O2/c15-13(16,17)10-1-2-12(11(9-10)14(18,19)20)22-4-6-24-8-7-23-5-3-21/h1-2,9,22H,3-8,21H2. The van der Waals surface area contributed by atoms with Gasteiger partial charge in [0, 0.05) is 18.8 Å². The number of anilines is 1. The Morgan fingerprint density at radius 2 is 1.50 bits per heavy atom. The zero-order chi connectivity index (χ0) is 18.2. The van der Waals surface area contributed by atoms with Gasteiger partial charge in [-0.05, 0) is 18.2 Å². The lowest BCUT2D eigenvalue weighted by molar-refractivity contribution is -0.142. The van der Waals surface area contributed by atoms with Crippen molar-refractivity contribution < 1.29 is 35.8 Å². The van der Waals surface area contributed by atoms with Gasteiger partial charge in [-0.3, -0.25) is 0 Å². The van der Waals surface area contributed by atoms with E-state index in [0.717, 1.165) is 6.07 Å². The van der Waals surface area contributed by atoms with Crippen molar-refractivity contribution in [3.63, 3.8) is 0 Å². The monoisotopic (exact) mass is 360 g/mol. The Bertz CT molecular complexity index is 505. The second kappa shape index (κ2) is 9.09. The first-order valence-corrected chi connectivity index (χ1v) is 7.04. The van der Waals surface area contributed by atoms with Crippen molar-refractivity contribution in [2.75, 3.05) is 44.8 Å². The maximum atomic E-state index is 12.9. The van der Waals surface area contributed by atoms with Gasteiger partial charge in [0.15, 0.2) is 0 Å². The summed E-state index contributed by atoms with van der Waals surface area (Å²) in [6.45, 7) is 1.36. The van der Waals surface area contributed by atoms with Crippen LogP contribution in [0.2, 0.25) is 0 Å². The lowest BCUT2D eigenvalue weighted by Gasteiger charge is -2.17. The number of nitrogens with one attached hydrogen (secondary N) is 1. The van der Waals surface area contributed by atoms with Crippen molar-refractivity contribution >= 4 is 5.69 Å². The summed E-state index contributed by atoms with van der Waals surface area (Å²) < 4.78 is 86.5. The molecule has 0 atom stereocenters. The number of hydrogen-bond acceptors (Lipinski definition) is 4. The minimum absolute atomic E-state index is 0.00529. The average Bonchev–Trinajstić information content (AvgIpc) is 2.48. The lowest BCUT2D eigenvalue weighted by atomic mass is 10.1. The van der Waals surface area contributed by atoms with Crippen LogP contribution in [0.1, 0.15) is 11.1 Å². The number of halogens is 6. The number of rotatable bonds is 9. The molecule has 0 fully saturated rings. The summed E-state index contributed by atoms with van der Waals surface area (Å²) in [7, 11) is 0.